The summed E-state index contributed by atoms with van der Waals surface area (Å²) in [6.07, 6.45) is 1.92. The largest absolute Gasteiger partial charge is 0.384 e. The maximum Gasteiger partial charge on any atom is 0.255 e. The van der Waals surface area contributed by atoms with Crippen molar-refractivity contribution in [2.24, 2.45) is 5.41 Å². The van der Waals surface area contributed by atoms with Crippen LogP contribution in [0.3, 0.4) is 0 Å². The van der Waals surface area contributed by atoms with Gasteiger partial charge in [-0.3, -0.25) is 24.6 Å². The molecule has 2 fully saturated rings. The number of likely N-dealkylation sites (tertiary alicyclic amines) is 1. The summed E-state index contributed by atoms with van der Waals surface area (Å²) in [5.74, 6) is -1.46. The number of amides is 3. The van der Waals surface area contributed by atoms with Crippen LogP contribution in [-0.4, -0.2) is 61.9 Å². The van der Waals surface area contributed by atoms with Crippen molar-refractivity contribution < 1.29 is 28.4 Å². The van der Waals surface area contributed by atoms with Crippen molar-refractivity contribution in [3.8, 4) is 11.4 Å². The molecule has 0 unspecified atom stereocenters. The smallest absolute Gasteiger partial charge is 0.255 e. The summed E-state index contributed by atoms with van der Waals surface area (Å²) in [6.45, 7) is 5.49. The molecule has 0 bridgehead atoms. The Bertz CT molecular complexity index is 1490. The molecule has 3 aromatic rings. The molecule has 0 aliphatic carbocycles. The quantitative estimate of drug-likeness (QED) is 0.467. The fourth-order valence-corrected chi connectivity index (χ4v) is 6.30. The number of benzene rings is 2. The molecule has 2 aromatic carbocycles. The van der Waals surface area contributed by atoms with Crippen molar-refractivity contribution in [1.29, 1.82) is 0 Å². The first kappa shape index (κ1) is 26.3. The van der Waals surface area contributed by atoms with E-state index in [1.807, 2.05) is 38.1 Å². The van der Waals surface area contributed by atoms with E-state index in [0.29, 0.717) is 31.9 Å². The average molecular weight is 548 g/mol. The topological polar surface area (TPSA) is 129 Å². The maximum atomic E-state index is 16.1. The number of hydrogen-bond acceptors (Lipinski definition) is 8. The van der Waals surface area contributed by atoms with Gasteiger partial charge in [-0.2, -0.15) is 4.98 Å². The molecule has 1 aromatic heterocycles. The van der Waals surface area contributed by atoms with Gasteiger partial charge in [-0.1, -0.05) is 49.3 Å². The zero-order valence-corrected chi connectivity index (χ0v) is 22.3. The number of rotatable bonds is 5. The first-order valence-corrected chi connectivity index (χ1v) is 13.3. The Kier molecular flexibility index (Phi) is 6.30. The van der Waals surface area contributed by atoms with E-state index in [-0.39, 0.29) is 42.0 Å². The van der Waals surface area contributed by atoms with E-state index in [2.05, 4.69) is 20.4 Å². The van der Waals surface area contributed by atoms with Gasteiger partial charge in [0.1, 0.15) is 11.9 Å². The van der Waals surface area contributed by atoms with Gasteiger partial charge in [0.2, 0.25) is 24.0 Å². The molecule has 11 heteroatoms. The number of carbonyl (C=O) groups is 3. The lowest BCUT2D eigenvalue weighted by molar-refractivity contribution is -0.137. The predicted molar refractivity (Wildman–Crippen MR) is 140 cm³/mol. The molecule has 40 heavy (non-hydrogen) atoms. The van der Waals surface area contributed by atoms with Crippen LogP contribution in [0.1, 0.15) is 60.2 Å². The van der Waals surface area contributed by atoms with Gasteiger partial charge in [-0.25, -0.2) is 4.39 Å². The number of nitrogens with zero attached hydrogens (tertiary/aromatic N) is 4. The first-order chi connectivity index (χ1) is 19.1. The highest BCUT2D eigenvalue weighted by Crippen LogP contribution is 2.48. The van der Waals surface area contributed by atoms with Crippen molar-refractivity contribution in [3.63, 3.8) is 0 Å². The number of imide groups is 1. The van der Waals surface area contributed by atoms with Crippen LogP contribution in [0.4, 0.5) is 4.39 Å². The van der Waals surface area contributed by atoms with E-state index in [1.165, 1.54) is 17.4 Å². The van der Waals surface area contributed by atoms with E-state index in [1.54, 1.807) is 6.07 Å². The summed E-state index contributed by atoms with van der Waals surface area (Å²) in [6, 6.07) is 10.1. The summed E-state index contributed by atoms with van der Waals surface area (Å²) in [5, 5.41) is 18.1. The monoisotopic (exact) mass is 547 g/mol. The molecule has 2 N–H and O–H groups in total. The third-order valence-electron chi connectivity index (χ3n) is 8.60. The number of hydrogen-bond donors (Lipinski definition) is 2. The van der Waals surface area contributed by atoms with Crippen LogP contribution in [0.15, 0.2) is 47.3 Å². The maximum absolute atomic E-state index is 16.1. The molecule has 10 nitrogen and oxygen atoms in total. The second-order valence-electron chi connectivity index (χ2n) is 11.5. The number of aliphatic hydroxyl groups is 1. The van der Waals surface area contributed by atoms with Crippen LogP contribution in [0.2, 0.25) is 0 Å². The van der Waals surface area contributed by atoms with Crippen molar-refractivity contribution in [2.45, 2.75) is 57.8 Å². The third kappa shape index (κ3) is 4.29. The number of fused-ring (bicyclic) bond motifs is 1. The fourth-order valence-electron chi connectivity index (χ4n) is 6.30. The number of piperidine rings is 2. The molecule has 6 rings (SSSR count). The summed E-state index contributed by atoms with van der Waals surface area (Å²) in [5.41, 5.74) is 0.303. The molecular formula is C29H30FN5O5. The first-order valence-electron chi connectivity index (χ1n) is 13.3. The van der Waals surface area contributed by atoms with Gasteiger partial charge in [-0.05, 0) is 24.5 Å². The summed E-state index contributed by atoms with van der Waals surface area (Å²) >= 11 is 0. The predicted octanol–water partition coefficient (Wildman–Crippen LogP) is 2.76. The number of halogens is 1. The van der Waals surface area contributed by atoms with Crippen LogP contribution in [0.5, 0.6) is 0 Å². The fraction of sp³-hybridized carbons (Fsp3) is 0.414. The SMILES string of the molecule is CC1(C)CN(Cc2ccc(-c3ncon3)cc2)CC[C@]1(O)c1ccc2c(c1F)CN([C@@H]1CCC(=O)NC1=O)C2=O. The zero-order valence-electron chi connectivity index (χ0n) is 22.3. The van der Waals surface area contributed by atoms with Crippen LogP contribution >= 0.6 is 0 Å². The third-order valence-corrected chi connectivity index (χ3v) is 8.60. The highest BCUT2D eigenvalue weighted by molar-refractivity contribution is 6.05. The van der Waals surface area contributed by atoms with Crippen LogP contribution in [0.25, 0.3) is 11.4 Å². The minimum atomic E-state index is -1.46. The molecule has 208 valence electrons. The Morgan fingerprint density at radius 1 is 1.15 bits per heavy atom. The highest BCUT2D eigenvalue weighted by atomic mass is 19.1. The Morgan fingerprint density at radius 2 is 1.93 bits per heavy atom. The second kappa shape index (κ2) is 9.60. The molecule has 3 aliphatic heterocycles. The van der Waals surface area contributed by atoms with Crippen molar-refractivity contribution >= 4 is 17.7 Å². The van der Waals surface area contributed by atoms with Gasteiger partial charge in [-0.15, -0.1) is 0 Å². The molecule has 4 heterocycles. The van der Waals surface area contributed by atoms with E-state index in [4.69, 9.17) is 4.52 Å². The lowest BCUT2D eigenvalue weighted by atomic mass is 9.66. The van der Waals surface area contributed by atoms with Crippen LogP contribution in [0, 0.1) is 11.2 Å². The van der Waals surface area contributed by atoms with Gasteiger partial charge in [0.05, 0.1) is 12.1 Å². The standard InChI is InChI=1S/C29H30FN5O5/c1-28(2)15-34(13-17-3-5-18(6-4-17)25-31-16-40-33-25)12-11-29(28,39)21-8-7-19-20(24(21)30)14-35(27(19)38)22-9-10-23(36)32-26(22)37/h3-8,16,22,39H,9-15H2,1-2H3,(H,32,36,37)/t22-,29+/m1/s1. The van der Waals surface area contributed by atoms with E-state index in [9.17, 15) is 19.5 Å². The van der Waals surface area contributed by atoms with Gasteiger partial charge in [0, 0.05) is 53.7 Å². The zero-order chi connectivity index (χ0) is 28.2. The minimum absolute atomic E-state index is 0.0807. The molecule has 3 amide bonds. The Labute approximate surface area is 230 Å². The lowest BCUT2D eigenvalue weighted by Gasteiger charge is -2.50. The molecule has 0 spiro atoms. The minimum Gasteiger partial charge on any atom is -0.384 e. The van der Waals surface area contributed by atoms with Crippen molar-refractivity contribution in [2.75, 3.05) is 13.1 Å². The van der Waals surface area contributed by atoms with Crippen molar-refractivity contribution in [1.82, 2.24) is 25.3 Å². The van der Waals surface area contributed by atoms with Crippen LogP contribution in [-0.2, 0) is 28.3 Å². The van der Waals surface area contributed by atoms with Gasteiger partial charge >= 0.3 is 0 Å². The Morgan fingerprint density at radius 3 is 2.60 bits per heavy atom. The number of aromatic nitrogens is 2. The summed E-state index contributed by atoms with van der Waals surface area (Å²) in [7, 11) is 0. The highest BCUT2D eigenvalue weighted by Gasteiger charge is 2.51. The van der Waals surface area contributed by atoms with Gasteiger partial charge in [0.25, 0.3) is 5.91 Å². The second-order valence-corrected chi connectivity index (χ2v) is 11.5. The Hall–Kier alpha value is -3.96. The Balaban J connectivity index is 1.19. The van der Waals surface area contributed by atoms with E-state index >= 15 is 4.39 Å². The lowest BCUT2D eigenvalue weighted by Crippen LogP contribution is -2.55. The normalized spacial score (nSPS) is 24.8. The molecule has 2 saturated heterocycles. The summed E-state index contributed by atoms with van der Waals surface area (Å²) < 4.78 is 20.9. The molecule has 0 radical (unpaired) electrons. The van der Waals surface area contributed by atoms with Crippen LogP contribution < -0.4 is 5.32 Å². The van der Waals surface area contributed by atoms with Crippen molar-refractivity contribution in [3.05, 3.63) is 70.9 Å². The molecule has 0 saturated carbocycles. The molecule has 3 aliphatic rings. The van der Waals surface area contributed by atoms with E-state index < -0.39 is 34.7 Å². The number of carbonyl (C=O) groups excluding carboxylic acids is 3. The van der Waals surface area contributed by atoms with Gasteiger partial charge < -0.3 is 14.5 Å². The average Bonchev–Trinajstić information content (AvgIpc) is 3.56. The molecular weight excluding hydrogens is 517 g/mol. The van der Waals surface area contributed by atoms with Gasteiger partial charge in [0.15, 0.2) is 0 Å². The van der Waals surface area contributed by atoms with E-state index in [0.717, 1.165) is 11.1 Å². The number of nitrogens with one attached hydrogen (secondary N) is 1. The summed E-state index contributed by atoms with van der Waals surface area (Å²) in [4.78, 5) is 44.6. The molecule has 2 atom stereocenters.